The van der Waals surface area contributed by atoms with Crippen LogP contribution in [0.3, 0.4) is 0 Å². The van der Waals surface area contributed by atoms with Crippen molar-refractivity contribution < 1.29 is 8.42 Å². The highest BCUT2D eigenvalue weighted by Crippen LogP contribution is 2.27. The Kier molecular flexibility index (Phi) is 5.60. The maximum absolute atomic E-state index is 12.9. The zero-order chi connectivity index (χ0) is 14.6. The van der Waals surface area contributed by atoms with Gasteiger partial charge in [-0.3, -0.25) is 0 Å². The van der Waals surface area contributed by atoms with E-state index < -0.39 is 10.0 Å². The molecule has 0 saturated carbocycles. The number of hydrogen-bond donors (Lipinski definition) is 1. The summed E-state index contributed by atoms with van der Waals surface area (Å²) in [5.41, 5.74) is 0. The first-order valence-corrected chi connectivity index (χ1v) is 9.27. The molecule has 1 aromatic carbocycles. The van der Waals surface area contributed by atoms with Crippen molar-refractivity contribution in [2.75, 3.05) is 19.6 Å². The molecule has 0 spiro atoms. The molecule has 2 rings (SSSR count). The molecule has 0 bridgehead atoms. The van der Waals surface area contributed by atoms with Gasteiger partial charge in [0.25, 0.3) is 0 Å². The third-order valence-corrected chi connectivity index (χ3v) is 6.51. The molecule has 20 heavy (non-hydrogen) atoms. The van der Waals surface area contributed by atoms with Crippen LogP contribution in [-0.2, 0) is 10.0 Å². The number of nitrogens with zero attached hydrogens (tertiary/aromatic N) is 1. The van der Waals surface area contributed by atoms with E-state index in [4.69, 9.17) is 0 Å². The second kappa shape index (κ2) is 7.02. The number of hydrogen-bond acceptors (Lipinski definition) is 3. The molecular formula is C14H21BrN2O2S. The average Bonchev–Trinajstić information content (AvgIpc) is 2.45. The quantitative estimate of drug-likeness (QED) is 0.877. The summed E-state index contributed by atoms with van der Waals surface area (Å²) in [6.07, 6.45) is 2.77. The van der Waals surface area contributed by atoms with Crippen LogP contribution in [0.25, 0.3) is 0 Å². The van der Waals surface area contributed by atoms with E-state index in [9.17, 15) is 8.42 Å². The Bertz CT molecular complexity index is 542. The molecule has 0 aromatic heterocycles. The lowest BCUT2D eigenvalue weighted by atomic mass is 10.1. The van der Waals surface area contributed by atoms with E-state index in [2.05, 4.69) is 21.2 Å². The second-order valence-electron chi connectivity index (χ2n) is 5.05. The first kappa shape index (κ1) is 15.9. The molecule has 0 aliphatic carbocycles. The van der Waals surface area contributed by atoms with Crippen LogP contribution in [0.4, 0.5) is 0 Å². The monoisotopic (exact) mass is 360 g/mol. The van der Waals surface area contributed by atoms with Gasteiger partial charge >= 0.3 is 0 Å². The number of benzene rings is 1. The van der Waals surface area contributed by atoms with Gasteiger partial charge in [-0.1, -0.05) is 19.1 Å². The Morgan fingerprint density at radius 2 is 2.15 bits per heavy atom. The molecule has 1 unspecified atom stereocenters. The minimum atomic E-state index is -3.45. The van der Waals surface area contributed by atoms with Crippen LogP contribution in [-0.4, -0.2) is 38.4 Å². The summed E-state index contributed by atoms with van der Waals surface area (Å²) in [6, 6.07) is 7.09. The van der Waals surface area contributed by atoms with E-state index in [0.717, 1.165) is 32.4 Å². The molecule has 1 saturated heterocycles. The van der Waals surface area contributed by atoms with Crippen LogP contribution >= 0.6 is 15.9 Å². The third kappa shape index (κ3) is 3.42. The van der Waals surface area contributed by atoms with E-state index in [-0.39, 0.29) is 6.04 Å². The third-order valence-electron chi connectivity index (χ3n) is 3.55. The van der Waals surface area contributed by atoms with Gasteiger partial charge in [0.1, 0.15) is 0 Å². The van der Waals surface area contributed by atoms with Crippen molar-refractivity contribution in [3.8, 4) is 0 Å². The van der Waals surface area contributed by atoms with Crippen molar-refractivity contribution in [3.63, 3.8) is 0 Å². The van der Waals surface area contributed by atoms with Crippen LogP contribution in [0, 0.1) is 0 Å². The van der Waals surface area contributed by atoms with Gasteiger partial charge in [-0.25, -0.2) is 8.42 Å². The molecule has 1 aliphatic heterocycles. The van der Waals surface area contributed by atoms with Crippen molar-refractivity contribution >= 4 is 26.0 Å². The lowest BCUT2D eigenvalue weighted by molar-refractivity contribution is 0.266. The maximum atomic E-state index is 12.9. The van der Waals surface area contributed by atoms with E-state index in [1.54, 1.807) is 22.5 Å². The minimum absolute atomic E-state index is 0.0563. The smallest absolute Gasteiger partial charge is 0.244 e. The highest BCUT2D eigenvalue weighted by Gasteiger charge is 2.32. The molecule has 6 heteroatoms. The molecule has 1 aliphatic rings. The summed E-state index contributed by atoms with van der Waals surface area (Å²) in [4.78, 5) is 0.360. The van der Waals surface area contributed by atoms with Gasteiger partial charge in [-0.15, -0.1) is 0 Å². The number of nitrogens with one attached hydrogen (secondary N) is 1. The number of sulfonamides is 1. The largest absolute Gasteiger partial charge is 0.315 e. The predicted molar refractivity (Wildman–Crippen MR) is 84.2 cm³/mol. The molecule has 1 N–H and O–H groups in total. The first-order valence-electron chi connectivity index (χ1n) is 7.04. The molecule has 0 amide bonds. The van der Waals surface area contributed by atoms with Gasteiger partial charge in [0.15, 0.2) is 0 Å². The zero-order valence-corrected chi connectivity index (χ0v) is 14.1. The van der Waals surface area contributed by atoms with E-state index in [1.165, 1.54) is 0 Å². The van der Waals surface area contributed by atoms with Gasteiger partial charge in [0, 0.05) is 23.6 Å². The highest BCUT2D eigenvalue weighted by atomic mass is 79.9. The second-order valence-corrected chi connectivity index (χ2v) is 7.76. The van der Waals surface area contributed by atoms with Crippen molar-refractivity contribution in [2.24, 2.45) is 0 Å². The first-order chi connectivity index (χ1) is 9.57. The van der Waals surface area contributed by atoms with Gasteiger partial charge in [0.05, 0.1) is 4.90 Å². The molecule has 1 aromatic rings. The van der Waals surface area contributed by atoms with Crippen LogP contribution in [0.2, 0.25) is 0 Å². The molecule has 112 valence electrons. The summed E-state index contributed by atoms with van der Waals surface area (Å²) >= 11 is 3.35. The summed E-state index contributed by atoms with van der Waals surface area (Å²) in [5, 5.41) is 3.29. The van der Waals surface area contributed by atoms with Crippen molar-refractivity contribution in [1.29, 1.82) is 0 Å². The maximum Gasteiger partial charge on any atom is 0.244 e. The topological polar surface area (TPSA) is 49.4 Å². The Morgan fingerprint density at radius 3 is 2.75 bits per heavy atom. The Hall–Kier alpha value is -0.430. The average molecular weight is 361 g/mol. The van der Waals surface area contributed by atoms with Crippen molar-refractivity contribution in [2.45, 2.75) is 37.1 Å². The van der Waals surface area contributed by atoms with Gasteiger partial charge in [-0.05, 0) is 53.9 Å². The fraction of sp³-hybridized carbons (Fsp3) is 0.571. The van der Waals surface area contributed by atoms with Gasteiger partial charge in [0.2, 0.25) is 10.0 Å². The van der Waals surface area contributed by atoms with Crippen LogP contribution < -0.4 is 5.32 Å². The van der Waals surface area contributed by atoms with E-state index in [0.29, 0.717) is 15.9 Å². The Balaban J connectivity index is 2.34. The Morgan fingerprint density at radius 1 is 1.40 bits per heavy atom. The number of halogens is 1. The van der Waals surface area contributed by atoms with Crippen LogP contribution in [0.1, 0.15) is 26.2 Å². The van der Waals surface area contributed by atoms with E-state index in [1.807, 2.05) is 13.0 Å². The lowest BCUT2D eigenvalue weighted by Gasteiger charge is -2.33. The summed E-state index contributed by atoms with van der Waals surface area (Å²) in [7, 11) is -3.45. The molecule has 4 nitrogen and oxygen atoms in total. The van der Waals surface area contributed by atoms with Crippen LogP contribution in [0.15, 0.2) is 33.6 Å². The van der Waals surface area contributed by atoms with Crippen molar-refractivity contribution in [3.05, 3.63) is 28.7 Å². The molecular weight excluding hydrogens is 340 g/mol. The zero-order valence-electron chi connectivity index (χ0n) is 11.7. The minimum Gasteiger partial charge on any atom is -0.315 e. The summed E-state index contributed by atoms with van der Waals surface area (Å²) in [5.74, 6) is 0. The molecule has 0 radical (unpaired) electrons. The standard InChI is InChI=1S/C14H21BrN2O2S/c1-2-10-17(12-6-5-9-16-11-12)20(18,19)14-8-4-3-7-13(14)15/h3-4,7-8,12,16H,2,5-6,9-11H2,1H3. The molecule has 1 atom stereocenters. The lowest BCUT2D eigenvalue weighted by Crippen LogP contribution is -2.48. The fourth-order valence-electron chi connectivity index (χ4n) is 2.58. The fourth-order valence-corrected chi connectivity index (χ4v) is 5.29. The van der Waals surface area contributed by atoms with Crippen molar-refractivity contribution in [1.82, 2.24) is 9.62 Å². The number of piperidine rings is 1. The SMILES string of the molecule is CCCN(C1CCCNC1)S(=O)(=O)c1ccccc1Br. The summed E-state index contributed by atoms with van der Waals surface area (Å²) in [6.45, 7) is 4.30. The molecule has 1 heterocycles. The van der Waals surface area contributed by atoms with Gasteiger partial charge in [-0.2, -0.15) is 4.31 Å². The normalized spacial score (nSPS) is 20.2. The summed E-state index contributed by atoms with van der Waals surface area (Å²) < 4.78 is 28.1. The predicted octanol–water partition coefficient (Wildman–Crippen LogP) is 2.60. The van der Waals surface area contributed by atoms with Gasteiger partial charge < -0.3 is 5.32 Å². The molecule has 1 fully saturated rings. The van der Waals surface area contributed by atoms with E-state index >= 15 is 0 Å². The van der Waals surface area contributed by atoms with Crippen LogP contribution in [0.5, 0.6) is 0 Å². The Labute approximate surface area is 129 Å². The number of rotatable bonds is 5. The highest BCUT2D eigenvalue weighted by molar-refractivity contribution is 9.10.